The van der Waals surface area contributed by atoms with Gasteiger partial charge in [0.1, 0.15) is 12.4 Å². The number of nitrogen functional groups attached to an aromatic ring is 1. The van der Waals surface area contributed by atoms with E-state index in [4.69, 9.17) is 5.73 Å². The van der Waals surface area contributed by atoms with Crippen molar-refractivity contribution in [3.8, 4) is 0 Å². The average Bonchev–Trinajstić information content (AvgIpc) is 2.62. The van der Waals surface area contributed by atoms with Crippen LogP contribution in [-0.4, -0.2) is 35.1 Å². The molecule has 1 aromatic rings. The number of nitrogens with two attached hydrogens (primary N) is 1. The van der Waals surface area contributed by atoms with Gasteiger partial charge >= 0.3 is 6.18 Å². The Bertz CT molecular complexity index is 431. The lowest BCUT2D eigenvalue weighted by atomic mass is 10.3. The molecule has 0 unspecified atom stereocenters. The van der Waals surface area contributed by atoms with Gasteiger partial charge in [-0.05, 0) is 0 Å². The number of halogens is 3. The molecular formula is C10H15F3N4O2. The Hall–Kier alpha value is -1.77. The van der Waals surface area contributed by atoms with Gasteiger partial charge in [-0.25, -0.2) is 0 Å². The minimum Gasteiger partial charge on any atom is -0.384 e. The highest BCUT2D eigenvalue weighted by Crippen LogP contribution is 2.14. The van der Waals surface area contributed by atoms with E-state index in [1.807, 2.05) is 0 Å². The number of hydrogen-bond acceptors (Lipinski definition) is 4. The van der Waals surface area contributed by atoms with Gasteiger partial charge < -0.3 is 15.8 Å². The third-order valence-corrected chi connectivity index (χ3v) is 2.28. The number of aryl methyl sites for hydroxylation is 1. The molecule has 6 nitrogen and oxygen atoms in total. The normalized spacial score (nSPS) is 11.6. The number of aromatic nitrogens is 2. The van der Waals surface area contributed by atoms with E-state index in [2.05, 4.69) is 15.2 Å². The zero-order chi connectivity index (χ0) is 14.5. The summed E-state index contributed by atoms with van der Waals surface area (Å²) in [5.74, 6) is 0.0130. The predicted octanol–water partition coefficient (Wildman–Crippen LogP) is 0.588. The summed E-state index contributed by atoms with van der Waals surface area (Å²) in [6, 6.07) is 0. The molecule has 0 saturated heterocycles. The number of hydrogen-bond donors (Lipinski definition) is 2. The molecule has 1 aromatic heterocycles. The Balaban J connectivity index is 2.20. The predicted molar refractivity (Wildman–Crippen MR) is 61.0 cm³/mol. The van der Waals surface area contributed by atoms with Crippen molar-refractivity contribution in [1.29, 1.82) is 0 Å². The van der Waals surface area contributed by atoms with Gasteiger partial charge in [0.15, 0.2) is 0 Å². The Kier molecular flexibility index (Phi) is 5.16. The molecule has 0 atom stereocenters. The molecule has 0 radical (unpaired) electrons. The summed E-state index contributed by atoms with van der Waals surface area (Å²) in [5, 5.41) is 6.40. The second-order valence-corrected chi connectivity index (χ2v) is 3.87. The third kappa shape index (κ3) is 5.60. The largest absolute Gasteiger partial charge is 0.411 e. The quantitative estimate of drug-likeness (QED) is 0.747. The van der Waals surface area contributed by atoms with Gasteiger partial charge in [-0.2, -0.15) is 18.3 Å². The Morgan fingerprint density at radius 2 is 2.26 bits per heavy atom. The van der Waals surface area contributed by atoms with Crippen LogP contribution in [0.3, 0.4) is 0 Å². The summed E-state index contributed by atoms with van der Waals surface area (Å²) in [4.78, 5) is 11.3. The number of alkyl halides is 3. The SMILES string of the molecule is Cn1ncc(CNC(=O)CCOCC(F)(F)F)c1N. The lowest BCUT2D eigenvalue weighted by Gasteiger charge is -2.08. The number of carbonyl (C=O) groups is 1. The van der Waals surface area contributed by atoms with Crippen molar-refractivity contribution in [3.05, 3.63) is 11.8 Å². The van der Waals surface area contributed by atoms with E-state index in [0.717, 1.165) is 0 Å². The van der Waals surface area contributed by atoms with Crippen molar-refractivity contribution in [1.82, 2.24) is 15.1 Å². The number of nitrogens with one attached hydrogen (secondary N) is 1. The minimum absolute atomic E-state index is 0.143. The van der Waals surface area contributed by atoms with Crippen LogP contribution in [0.15, 0.2) is 6.20 Å². The zero-order valence-electron chi connectivity index (χ0n) is 10.3. The molecule has 1 heterocycles. The highest BCUT2D eigenvalue weighted by atomic mass is 19.4. The van der Waals surface area contributed by atoms with Crippen LogP contribution in [0.5, 0.6) is 0 Å². The number of ether oxygens (including phenoxy) is 1. The topological polar surface area (TPSA) is 82.2 Å². The molecule has 3 N–H and O–H groups in total. The fraction of sp³-hybridized carbons (Fsp3) is 0.600. The number of amides is 1. The number of rotatable bonds is 6. The maximum absolute atomic E-state index is 11.7. The van der Waals surface area contributed by atoms with Crippen molar-refractivity contribution in [2.75, 3.05) is 18.9 Å². The fourth-order valence-electron chi connectivity index (χ4n) is 1.26. The first-order chi connectivity index (χ1) is 8.79. The standard InChI is InChI=1S/C10H15F3N4O2/c1-17-9(14)7(5-16-17)4-15-8(18)2-3-19-6-10(11,12)13/h5H,2-4,6,14H2,1H3,(H,15,18). The van der Waals surface area contributed by atoms with E-state index >= 15 is 0 Å². The molecule has 0 aliphatic carbocycles. The lowest BCUT2D eigenvalue weighted by molar-refractivity contribution is -0.174. The molecule has 0 aromatic carbocycles. The summed E-state index contributed by atoms with van der Waals surface area (Å²) in [5.41, 5.74) is 6.30. The number of carbonyl (C=O) groups excluding carboxylic acids is 1. The van der Waals surface area contributed by atoms with Gasteiger partial charge in [0.05, 0.1) is 12.8 Å². The van der Waals surface area contributed by atoms with E-state index in [9.17, 15) is 18.0 Å². The highest BCUT2D eigenvalue weighted by Gasteiger charge is 2.27. The van der Waals surface area contributed by atoms with E-state index in [-0.39, 0.29) is 19.6 Å². The van der Waals surface area contributed by atoms with Crippen LogP contribution < -0.4 is 11.1 Å². The maximum atomic E-state index is 11.7. The summed E-state index contributed by atoms with van der Waals surface area (Å²) in [7, 11) is 1.66. The van der Waals surface area contributed by atoms with Gasteiger partial charge in [-0.15, -0.1) is 0 Å². The molecule has 19 heavy (non-hydrogen) atoms. The van der Waals surface area contributed by atoms with Crippen LogP contribution in [0.1, 0.15) is 12.0 Å². The molecule has 0 fully saturated rings. The molecular weight excluding hydrogens is 265 g/mol. The highest BCUT2D eigenvalue weighted by molar-refractivity contribution is 5.76. The summed E-state index contributed by atoms with van der Waals surface area (Å²) in [6.45, 7) is -1.46. The Morgan fingerprint density at radius 1 is 1.58 bits per heavy atom. The molecule has 0 spiro atoms. The van der Waals surface area contributed by atoms with Gasteiger partial charge in [0.2, 0.25) is 5.91 Å². The lowest BCUT2D eigenvalue weighted by Crippen LogP contribution is -2.25. The molecule has 0 bridgehead atoms. The Morgan fingerprint density at radius 3 is 2.79 bits per heavy atom. The van der Waals surface area contributed by atoms with E-state index < -0.39 is 18.7 Å². The first-order valence-electron chi connectivity index (χ1n) is 5.47. The van der Waals surface area contributed by atoms with Crippen molar-refractivity contribution in [2.45, 2.75) is 19.1 Å². The molecule has 0 saturated carbocycles. The first-order valence-corrected chi connectivity index (χ1v) is 5.47. The molecule has 108 valence electrons. The van der Waals surface area contributed by atoms with E-state index in [0.29, 0.717) is 11.4 Å². The van der Waals surface area contributed by atoms with Crippen LogP contribution in [0, 0.1) is 0 Å². The van der Waals surface area contributed by atoms with Gasteiger partial charge in [0, 0.05) is 25.6 Å². The minimum atomic E-state index is -4.37. The fourth-order valence-corrected chi connectivity index (χ4v) is 1.26. The van der Waals surface area contributed by atoms with Crippen LogP contribution in [0.4, 0.5) is 19.0 Å². The van der Waals surface area contributed by atoms with Crippen molar-refractivity contribution in [2.24, 2.45) is 7.05 Å². The monoisotopic (exact) mass is 280 g/mol. The van der Waals surface area contributed by atoms with Gasteiger partial charge in [-0.1, -0.05) is 0 Å². The van der Waals surface area contributed by atoms with E-state index in [1.165, 1.54) is 10.9 Å². The summed E-state index contributed by atoms with van der Waals surface area (Å²) < 4.78 is 41.0. The third-order valence-electron chi connectivity index (χ3n) is 2.28. The zero-order valence-corrected chi connectivity index (χ0v) is 10.3. The molecule has 0 aliphatic heterocycles. The second-order valence-electron chi connectivity index (χ2n) is 3.87. The molecule has 1 rings (SSSR count). The van der Waals surface area contributed by atoms with E-state index in [1.54, 1.807) is 7.05 Å². The first kappa shape index (κ1) is 15.3. The van der Waals surface area contributed by atoms with Crippen molar-refractivity contribution >= 4 is 11.7 Å². The van der Waals surface area contributed by atoms with Crippen LogP contribution in [-0.2, 0) is 23.1 Å². The number of nitrogens with zero attached hydrogens (tertiary/aromatic N) is 2. The molecule has 9 heteroatoms. The average molecular weight is 280 g/mol. The smallest absolute Gasteiger partial charge is 0.384 e. The van der Waals surface area contributed by atoms with Gasteiger partial charge in [-0.3, -0.25) is 9.48 Å². The number of anilines is 1. The van der Waals surface area contributed by atoms with Crippen LogP contribution in [0.2, 0.25) is 0 Å². The molecule has 1 amide bonds. The van der Waals surface area contributed by atoms with Crippen LogP contribution >= 0.6 is 0 Å². The Labute approximate surface area is 107 Å². The van der Waals surface area contributed by atoms with Crippen molar-refractivity contribution < 1.29 is 22.7 Å². The second kappa shape index (κ2) is 6.41. The molecule has 0 aliphatic rings. The summed E-state index contributed by atoms with van der Waals surface area (Å²) in [6.07, 6.45) is -3.01. The van der Waals surface area contributed by atoms with Gasteiger partial charge in [0.25, 0.3) is 0 Å². The van der Waals surface area contributed by atoms with Crippen LogP contribution in [0.25, 0.3) is 0 Å². The maximum Gasteiger partial charge on any atom is 0.411 e. The van der Waals surface area contributed by atoms with Crippen molar-refractivity contribution in [3.63, 3.8) is 0 Å². The summed E-state index contributed by atoms with van der Waals surface area (Å²) >= 11 is 0.